The third-order valence-electron chi connectivity index (χ3n) is 2.86. The van der Waals surface area contributed by atoms with E-state index in [4.69, 9.17) is 12.2 Å². The highest BCUT2D eigenvalue weighted by molar-refractivity contribution is 7.80. The first-order valence-corrected chi connectivity index (χ1v) is 5.95. The van der Waals surface area contributed by atoms with E-state index in [2.05, 4.69) is 10.6 Å². The van der Waals surface area contributed by atoms with Gasteiger partial charge in [0.2, 0.25) is 0 Å². The summed E-state index contributed by atoms with van der Waals surface area (Å²) in [6.07, 6.45) is 0. The van der Waals surface area contributed by atoms with Crippen LogP contribution in [0.4, 0.5) is 4.39 Å². The molecule has 0 aromatic heterocycles. The van der Waals surface area contributed by atoms with E-state index in [1.807, 2.05) is 0 Å². The minimum absolute atomic E-state index is 0.108. The van der Waals surface area contributed by atoms with Crippen molar-refractivity contribution in [3.63, 3.8) is 0 Å². The molecule has 1 atom stereocenters. The minimum Gasteiger partial charge on any atom is -0.351 e. The van der Waals surface area contributed by atoms with Crippen LogP contribution in [0.3, 0.4) is 0 Å². The van der Waals surface area contributed by atoms with Crippen molar-refractivity contribution >= 4 is 23.1 Å². The Hall–Kier alpha value is -1.75. The summed E-state index contributed by atoms with van der Waals surface area (Å²) < 4.78 is 13.8. The lowest BCUT2D eigenvalue weighted by atomic mass is 9.93. The topological polar surface area (TPSA) is 41.1 Å². The van der Waals surface area contributed by atoms with Gasteiger partial charge in [-0.05, 0) is 32.1 Å². The maximum absolute atomic E-state index is 13.8. The van der Waals surface area contributed by atoms with E-state index in [1.165, 1.54) is 13.0 Å². The molecule has 0 saturated carbocycles. The van der Waals surface area contributed by atoms with Gasteiger partial charge in [0, 0.05) is 16.8 Å². The predicted octanol–water partition coefficient (Wildman–Crippen LogP) is 2.21. The van der Waals surface area contributed by atoms with E-state index in [-0.39, 0.29) is 11.6 Å². The van der Waals surface area contributed by atoms with Crippen molar-refractivity contribution in [2.45, 2.75) is 19.9 Å². The number of rotatable bonds is 2. The Labute approximate surface area is 110 Å². The molecule has 5 heteroatoms. The lowest BCUT2D eigenvalue weighted by Crippen LogP contribution is -2.44. The number of hydrogen-bond donors (Lipinski definition) is 2. The number of carbonyl (C=O) groups is 1. The highest BCUT2D eigenvalue weighted by Gasteiger charge is 2.29. The molecule has 18 heavy (non-hydrogen) atoms. The number of hydrogen-bond acceptors (Lipinski definition) is 2. The van der Waals surface area contributed by atoms with Gasteiger partial charge < -0.3 is 10.6 Å². The molecule has 1 aromatic rings. The van der Waals surface area contributed by atoms with Crippen molar-refractivity contribution < 1.29 is 9.18 Å². The van der Waals surface area contributed by atoms with Gasteiger partial charge in [0.05, 0.1) is 6.04 Å². The number of Topliss-reactive ketones (excluding diaryl/α,β-unsaturated/α-hetero) is 1. The SMILES string of the molecule is CC(=O)C1=C(C)NC(=S)N[C@H]1c1ccccc1F. The normalized spacial score (nSPS) is 19.3. The molecule has 1 aliphatic rings. The van der Waals surface area contributed by atoms with Crippen LogP contribution in [0.5, 0.6) is 0 Å². The van der Waals surface area contributed by atoms with Crippen LogP contribution in [0.25, 0.3) is 0 Å². The van der Waals surface area contributed by atoms with Crippen LogP contribution < -0.4 is 10.6 Å². The Balaban J connectivity index is 2.54. The molecular formula is C13H13FN2OS. The monoisotopic (exact) mass is 264 g/mol. The van der Waals surface area contributed by atoms with E-state index >= 15 is 0 Å². The Bertz CT molecular complexity index is 554. The van der Waals surface area contributed by atoms with Gasteiger partial charge in [-0.15, -0.1) is 0 Å². The summed E-state index contributed by atoms with van der Waals surface area (Å²) in [7, 11) is 0. The van der Waals surface area contributed by atoms with Crippen LogP contribution in [0, 0.1) is 5.82 Å². The molecule has 0 saturated heterocycles. The van der Waals surface area contributed by atoms with Crippen LogP contribution in [0.15, 0.2) is 35.5 Å². The molecule has 0 unspecified atom stereocenters. The number of carbonyl (C=O) groups excluding carboxylic acids is 1. The van der Waals surface area contributed by atoms with Gasteiger partial charge in [-0.1, -0.05) is 18.2 Å². The smallest absolute Gasteiger partial charge is 0.171 e. The maximum Gasteiger partial charge on any atom is 0.171 e. The predicted molar refractivity (Wildman–Crippen MR) is 71.4 cm³/mol. The quantitative estimate of drug-likeness (QED) is 0.804. The zero-order valence-corrected chi connectivity index (χ0v) is 10.9. The minimum atomic E-state index is -0.530. The molecule has 0 radical (unpaired) electrons. The molecular weight excluding hydrogens is 251 g/mol. The number of thiocarbonyl (C=S) groups is 1. The van der Waals surface area contributed by atoms with Crippen molar-refractivity contribution in [3.05, 3.63) is 46.9 Å². The number of benzene rings is 1. The standard InChI is InChI=1S/C13H13FN2OS/c1-7-11(8(2)17)12(16-13(18)15-7)9-5-3-4-6-10(9)14/h3-6,12H,1-2H3,(H2,15,16,18)/t12-/m0/s1. The van der Waals surface area contributed by atoms with Gasteiger partial charge in [0.1, 0.15) is 5.82 Å². The highest BCUT2D eigenvalue weighted by Crippen LogP contribution is 2.28. The van der Waals surface area contributed by atoms with Crippen molar-refractivity contribution in [1.29, 1.82) is 0 Å². The Kier molecular flexibility index (Phi) is 3.43. The average Bonchev–Trinajstić information content (AvgIpc) is 2.27. The fourth-order valence-corrected chi connectivity index (χ4v) is 2.37. The van der Waals surface area contributed by atoms with Crippen molar-refractivity contribution in [2.24, 2.45) is 0 Å². The van der Waals surface area contributed by atoms with E-state index in [1.54, 1.807) is 25.1 Å². The second-order valence-corrected chi connectivity index (χ2v) is 4.56. The van der Waals surface area contributed by atoms with Gasteiger partial charge in [0.15, 0.2) is 10.9 Å². The summed E-state index contributed by atoms with van der Waals surface area (Å²) in [4.78, 5) is 11.7. The van der Waals surface area contributed by atoms with Crippen molar-refractivity contribution in [2.75, 3.05) is 0 Å². The van der Waals surface area contributed by atoms with Crippen LogP contribution >= 0.6 is 12.2 Å². The van der Waals surface area contributed by atoms with Crippen LogP contribution in [-0.4, -0.2) is 10.9 Å². The molecule has 0 amide bonds. The van der Waals surface area contributed by atoms with Crippen molar-refractivity contribution in [1.82, 2.24) is 10.6 Å². The second kappa shape index (κ2) is 4.86. The Morgan fingerprint density at radius 3 is 2.67 bits per heavy atom. The summed E-state index contributed by atoms with van der Waals surface area (Å²) in [5, 5.41) is 6.22. The molecule has 2 N–H and O–H groups in total. The highest BCUT2D eigenvalue weighted by atomic mass is 32.1. The summed E-state index contributed by atoms with van der Waals surface area (Å²) in [5.74, 6) is -0.463. The first-order valence-electron chi connectivity index (χ1n) is 5.54. The summed E-state index contributed by atoms with van der Waals surface area (Å²) in [6, 6.07) is 5.84. The molecule has 1 aromatic carbocycles. The largest absolute Gasteiger partial charge is 0.351 e. The third-order valence-corrected chi connectivity index (χ3v) is 3.08. The molecule has 1 heterocycles. The van der Waals surface area contributed by atoms with Gasteiger partial charge in [-0.2, -0.15) is 0 Å². The number of allylic oxidation sites excluding steroid dienone is 1. The molecule has 0 bridgehead atoms. The van der Waals surface area contributed by atoms with Gasteiger partial charge in [-0.3, -0.25) is 4.79 Å². The molecule has 0 spiro atoms. The fraction of sp³-hybridized carbons (Fsp3) is 0.231. The van der Waals surface area contributed by atoms with Crippen LogP contribution in [0.1, 0.15) is 25.5 Å². The molecule has 94 valence electrons. The molecule has 0 fully saturated rings. The third kappa shape index (κ3) is 2.26. The first-order chi connectivity index (χ1) is 8.50. The zero-order chi connectivity index (χ0) is 13.3. The van der Waals surface area contributed by atoms with Gasteiger partial charge in [-0.25, -0.2) is 4.39 Å². The van der Waals surface area contributed by atoms with Gasteiger partial charge in [0.25, 0.3) is 0 Å². The lowest BCUT2D eigenvalue weighted by Gasteiger charge is -2.30. The fourth-order valence-electron chi connectivity index (χ4n) is 2.10. The maximum atomic E-state index is 13.8. The van der Waals surface area contributed by atoms with Gasteiger partial charge >= 0.3 is 0 Å². The average molecular weight is 264 g/mol. The second-order valence-electron chi connectivity index (χ2n) is 4.15. The lowest BCUT2D eigenvalue weighted by molar-refractivity contribution is -0.114. The Morgan fingerprint density at radius 1 is 1.39 bits per heavy atom. The number of ketones is 1. The first kappa shape index (κ1) is 12.7. The van der Waals surface area contributed by atoms with E-state index < -0.39 is 6.04 Å². The van der Waals surface area contributed by atoms with Crippen LogP contribution in [-0.2, 0) is 4.79 Å². The van der Waals surface area contributed by atoms with E-state index in [0.717, 1.165) is 0 Å². The summed E-state index contributed by atoms with van der Waals surface area (Å²) in [6.45, 7) is 3.22. The summed E-state index contributed by atoms with van der Waals surface area (Å²) in [5.41, 5.74) is 1.60. The van der Waals surface area contributed by atoms with Crippen molar-refractivity contribution in [3.8, 4) is 0 Å². The van der Waals surface area contributed by atoms with Crippen LogP contribution in [0.2, 0.25) is 0 Å². The molecule has 2 rings (SSSR count). The van der Waals surface area contributed by atoms with E-state index in [9.17, 15) is 9.18 Å². The molecule has 0 aliphatic carbocycles. The number of halogens is 1. The zero-order valence-electron chi connectivity index (χ0n) is 10.1. The molecule has 1 aliphatic heterocycles. The Morgan fingerprint density at radius 2 is 2.06 bits per heavy atom. The summed E-state index contributed by atoms with van der Waals surface area (Å²) >= 11 is 5.05. The molecule has 3 nitrogen and oxygen atoms in total. The number of nitrogens with one attached hydrogen (secondary N) is 2. The van der Waals surface area contributed by atoms with E-state index in [0.29, 0.717) is 21.9 Å².